The van der Waals surface area contributed by atoms with Crippen LogP contribution in [0.2, 0.25) is 0 Å². The minimum Gasteiger partial charge on any atom is -0.492 e. The molecule has 1 atom stereocenters. The van der Waals surface area contributed by atoms with Crippen LogP contribution in [0.3, 0.4) is 0 Å². The normalized spacial score (nSPS) is 15.6. The predicted octanol–water partition coefficient (Wildman–Crippen LogP) is 4.95. The first kappa shape index (κ1) is 32.4. The van der Waals surface area contributed by atoms with E-state index in [0.29, 0.717) is 29.6 Å². The summed E-state index contributed by atoms with van der Waals surface area (Å²) in [6.07, 6.45) is -11.0. The minimum absolute atomic E-state index is 0.0165. The number of anilines is 3. The van der Waals surface area contributed by atoms with E-state index >= 15 is 0 Å². The Labute approximate surface area is 235 Å². The number of rotatable bonds is 9. The summed E-state index contributed by atoms with van der Waals surface area (Å²) in [4.78, 5) is 25.2. The molecule has 0 aliphatic carbocycles. The Kier molecular flexibility index (Phi) is 9.28. The number of amides is 1. The Morgan fingerprint density at radius 3 is 2.26 bits per heavy atom. The van der Waals surface area contributed by atoms with Crippen LogP contribution in [0.4, 0.5) is 43.4 Å². The first-order valence-corrected chi connectivity index (χ1v) is 13.8. The van der Waals surface area contributed by atoms with Gasteiger partial charge in [0.05, 0.1) is 43.6 Å². The van der Waals surface area contributed by atoms with Gasteiger partial charge in [0.1, 0.15) is 0 Å². The van der Waals surface area contributed by atoms with E-state index in [9.17, 15) is 44.3 Å². The van der Waals surface area contributed by atoms with Crippen molar-refractivity contribution in [3.8, 4) is 5.75 Å². The molecule has 0 aromatic heterocycles. The van der Waals surface area contributed by atoms with E-state index in [4.69, 9.17) is 9.47 Å². The first-order valence-electron chi connectivity index (χ1n) is 12.0. The highest BCUT2D eigenvalue weighted by Gasteiger charge is 2.57. The van der Waals surface area contributed by atoms with Gasteiger partial charge in [0.2, 0.25) is 10.0 Å². The highest BCUT2D eigenvalue weighted by molar-refractivity contribution is 7.92. The van der Waals surface area contributed by atoms with Gasteiger partial charge in [0, 0.05) is 5.56 Å². The summed E-state index contributed by atoms with van der Waals surface area (Å²) in [6.45, 7) is 3.38. The number of nitrogens with one attached hydrogen (secondary N) is 2. The Balaban J connectivity index is 2.04. The van der Waals surface area contributed by atoms with E-state index in [1.165, 1.54) is 23.2 Å². The molecule has 11 nitrogen and oxygen atoms in total. The number of alkyl halides is 6. The Morgan fingerprint density at radius 1 is 1.10 bits per heavy atom. The van der Waals surface area contributed by atoms with Crippen molar-refractivity contribution in [2.45, 2.75) is 38.2 Å². The van der Waals surface area contributed by atoms with Crippen LogP contribution >= 0.6 is 0 Å². The maximum atomic E-state index is 13.5. The van der Waals surface area contributed by atoms with Crippen LogP contribution in [0.5, 0.6) is 5.75 Å². The first-order chi connectivity index (χ1) is 19.4. The molecule has 42 heavy (non-hydrogen) atoms. The van der Waals surface area contributed by atoms with Crippen LogP contribution < -0.4 is 19.8 Å². The van der Waals surface area contributed by atoms with Gasteiger partial charge in [-0.05, 0) is 49.2 Å². The zero-order valence-electron chi connectivity index (χ0n) is 22.4. The number of carbonyl (C=O) groups excluding carboxylic acids is 2. The quantitative estimate of drug-likeness (QED) is 0.297. The second-order valence-corrected chi connectivity index (χ2v) is 10.8. The fourth-order valence-corrected chi connectivity index (χ4v) is 4.61. The Morgan fingerprint density at radius 2 is 1.71 bits per heavy atom. The smallest absolute Gasteiger partial charge is 0.404 e. The van der Waals surface area contributed by atoms with Crippen LogP contribution in [0, 0.1) is 6.92 Å². The highest BCUT2D eigenvalue weighted by Crippen LogP contribution is 2.49. The molecular weight excluding hydrogens is 600 g/mol. The molecule has 2 aromatic carbocycles. The maximum absolute atomic E-state index is 13.5. The number of nitrogens with zero attached hydrogens (tertiary/aromatic N) is 3. The highest BCUT2D eigenvalue weighted by atomic mass is 32.2. The number of sulfonamides is 1. The number of ether oxygens (including phenoxy) is 2. The van der Waals surface area contributed by atoms with Crippen molar-refractivity contribution in [3.05, 3.63) is 47.0 Å². The van der Waals surface area contributed by atoms with E-state index in [2.05, 4.69) is 15.7 Å². The lowest BCUT2D eigenvalue weighted by molar-refractivity contribution is -0.253. The van der Waals surface area contributed by atoms with Crippen molar-refractivity contribution in [1.82, 2.24) is 0 Å². The molecule has 0 saturated heterocycles. The Hall–Kier alpha value is -4.09. The number of methoxy groups -OCH3 is 1. The average molecular weight is 626 g/mol. The third kappa shape index (κ3) is 7.59. The molecule has 1 heterocycles. The van der Waals surface area contributed by atoms with Crippen LogP contribution in [0.15, 0.2) is 40.7 Å². The van der Waals surface area contributed by atoms with Crippen molar-refractivity contribution < 1.29 is 53.8 Å². The van der Waals surface area contributed by atoms with Gasteiger partial charge in [-0.3, -0.25) is 9.52 Å². The number of hydrogen-bond donors (Lipinski definition) is 2. The molecule has 1 unspecified atom stereocenters. The molecule has 3 rings (SSSR count). The molecule has 230 valence electrons. The summed E-state index contributed by atoms with van der Waals surface area (Å²) in [7, 11) is -3.24. The zero-order chi connectivity index (χ0) is 31.6. The molecule has 2 N–H and O–H groups in total. The average Bonchev–Trinajstić information content (AvgIpc) is 3.32. The SMILES string of the molecule is CCOC(=O)C1CN(c2cc(C(=O)Nc3cc(C(C(F)(F)F)C(F)(F)F)cc(NS(C)(=O)=O)c3OC)ccc2C)N=N1. The van der Waals surface area contributed by atoms with Crippen LogP contribution in [0.25, 0.3) is 0 Å². The maximum Gasteiger partial charge on any atom is 0.404 e. The summed E-state index contributed by atoms with van der Waals surface area (Å²) in [5, 5.41) is 11.3. The number of esters is 1. The van der Waals surface area contributed by atoms with Crippen LogP contribution in [-0.4, -0.2) is 65.2 Å². The fourth-order valence-electron chi connectivity index (χ4n) is 4.06. The molecule has 0 spiro atoms. The number of halogens is 6. The second-order valence-electron chi connectivity index (χ2n) is 9.05. The lowest BCUT2D eigenvalue weighted by Gasteiger charge is -2.25. The monoisotopic (exact) mass is 625 g/mol. The Bertz CT molecular complexity index is 1480. The summed E-state index contributed by atoms with van der Waals surface area (Å²) in [5.41, 5.74) is -2.03. The van der Waals surface area contributed by atoms with Crippen LogP contribution in [0.1, 0.15) is 34.3 Å². The predicted molar refractivity (Wildman–Crippen MR) is 138 cm³/mol. The summed E-state index contributed by atoms with van der Waals surface area (Å²) in [5.74, 6) is -6.16. The molecular formula is C24H25F6N5O6S. The fraction of sp³-hybridized carbons (Fsp3) is 0.417. The van der Waals surface area contributed by atoms with Crippen molar-refractivity contribution in [2.75, 3.05) is 41.6 Å². The molecule has 0 radical (unpaired) electrons. The van der Waals surface area contributed by atoms with E-state index in [1.54, 1.807) is 13.8 Å². The van der Waals surface area contributed by atoms with Gasteiger partial charge in [0.15, 0.2) is 17.7 Å². The van der Waals surface area contributed by atoms with Crippen molar-refractivity contribution in [2.24, 2.45) is 10.3 Å². The van der Waals surface area contributed by atoms with Gasteiger partial charge >= 0.3 is 18.3 Å². The lowest BCUT2D eigenvalue weighted by Crippen LogP contribution is -2.34. The summed E-state index contributed by atoms with van der Waals surface area (Å²) >= 11 is 0. The van der Waals surface area contributed by atoms with Gasteiger partial charge in [-0.2, -0.15) is 31.5 Å². The molecule has 18 heteroatoms. The number of aryl methyl sites for hydroxylation is 1. The number of hydrogen-bond acceptors (Lipinski definition) is 9. The van der Waals surface area contributed by atoms with E-state index in [1.807, 2.05) is 4.72 Å². The van der Waals surface area contributed by atoms with Gasteiger partial charge in [0.25, 0.3) is 5.91 Å². The van der Waals surface area contributed by atoms with Gasteiger partial charge < -0.3 is 14.8 Å². The van der Waals surface area contributed by atoms with Crippen molar-refractivity contribution >= 4 is 39.0 Å². The molecule has 0 fully saturated rings. The third-order valence-corrected chi connectivity index (χ3v) is 6.39. The minimum atomic E-state index is -5.81. The summed E-state index contributed by atoms with van der Waals surface area (Å²) < 4.78 is 117. The van der Waals surface area contributed by atoms with E-state index in [-0.39, 0.29) is 18.7 Å². The summed E-state index contributed by atoms with van der Waals surface area (Å²) in [6, 6.07) is 3.95. The molecule has 1 amide bonds. The topological polar surface area (TPSA) is 139 Å². The zero-order valence-corrected chi connectivity index (χ0v) is 23.2. The second kappa shape index (κ2) is 12.0. The molecule has 2 aromatic rings. The largest absolute Gasteiger partial charge is 0.492 e. The number of benzene rings is 2. The van der Waals surface area contributed by atoms with Crippen LogP contribution in [-0.2, 0) is 19.6 Å². The van der Waals surface area contributed by atoms with Crippen molar-refractivity contribution in [3.63, 3.8) is 0 Å². The van der Waals surface area contributed by atoms with E-state index in [0.717, 1.165) is 7.11 Å². The molecule has 1 aliphatic rings. The molecule has 0 bridgehead atoms. The third-order valence-electron chi connectivity index (χ3n) is 5.80. The standard InChI is InChI=1S/C24H25F6N5O6S/c1-5-41-22(37)17-11-35(34-32-17)18-10-13(7-6-12(18)2)21(36)31-15-8-14(20(23(25,26)27)24(28,29)30)9-16(19(15)40-3)33-42(4,38)39/h6-10,17,20,33H,5,11H2,1-4H3,(H,31,36). The van der Waals surface area contributed by atoms with E-state index < -0.39 is 68.9 Å². The number of carbonyl (C=O) groups is 2. The lowest BCUT2D eigenvalue weighted by atomic mass is 9.96. The van der Waals surface area contributed by atoms with Gasteiger partial charge in [-0.25, -0.2) is 18.2 Å². The molecule has 1 aliphatic heterocycles. The van der Waals surface area contributed by atoms with Gasteiger partial charge in [-0.1, -0.05) is 11.3 Å². The van der Waals surface area contributed by atoms with Gasteiger partial charge in [-0.15, -0.1) is 0 Å². The van der Waals surface area contributed by atoms with Crippen molar-refractivity contribution in [1.29, 1.82) is 0 Å². The molecule has 0 saturated carbocycles.